The molecule has 4 N–H and O–H groups in total. The van der Waals surface area contributed by atoms with Crippen molar-refractivity contribution in [1.29, 1.82) is 0 Å². The second kappa shape index (κ2) is 17.7. The first kappa shape index (κ1) is 45.4. The number of phenols is 1. The summed E-state index contributed by atoms with van der Waals surface area (Å²) in [5, 5.41) is 42.3. The Morgan fingerprint density at radius 3 is 2.55 bits per heavy atom. The number of phenolic OH excluding ortho intramolecular Hbond substituents is 1. The number of hydrogen-bond acceptors (Lipinski definition) is 12. The largest absolute Gasteiger partial charge is 0.504 e. The number of aryl methyl sites for hydroxylation is 1. The fourth-order valence-electron chi connectivity index (χ4n) is 12.6. The lowest BCUT2D eigenvalue weighted by Gasteiger charge is -2.56. The number of benzene rings is 4. The summed E-state index contributed by atoms with van der Waals surface area (Å²) >= 11 is 6.24. The van der Waals surface area contributed by atoms with Crippen molar-refractivity contribution in [2.45, 2.75) is 82.5 Å². The normalized spacial score (nSPS) is 24.8. The zero-order chi connectivity index (χ0) is 47.8. The van der Waals surface area contributed by atoms with Crippen molar-refractivity contribution in [2.24, 2.45) is 11.3 Å². The number of rotatable bonds is 12. The lowest BCUT2D eigenvalue weighted by atomic mass is 9.53. The number of likely N-dealkylation sites (tertiary alicyclic amines) is 1. The number of nitrogens with one attached hydrogen (secondary N) is 2. The molecule has 6 aliphatic rings. The van der Waals surface area contributed by atoms with Gasteiger partial charge in [0.15, 0.2) is 17.0 Å². The molecule has 358 valence electrons. The average Bonchev–Trinajstić information content (AvgIpc) is 3.70. The van der Waals surface area contributed by atoms with E-state index in [1.165, 1.54) is 35.0 Å². The van der Waals surface area contributed by atoms with E-state index in [2.05, 4.69) is 74.4 Å². The predicted octanol–water partition coefficient (Wildman–Crippen LogP) is 8.79. The van der Waals surface area contributed by atoms with Crippen LogP contribution in [0.25, 0.3) is 16.5 Å². The van der Waals surface area contributed by atoms with Crippen LogP contribution in [0.1, 0.15) is 78.6 Å². The molecular formula is C54H59ClN8O6. The van der Waals surface area contributed by atoms with Crippen molar-refractivity contribution in [1.82, 2.24) is 19.8 Å². The molecule has 4 aromatic carbocycles. The smallest absolute Gasteiger partial charge is 0.318 e. The van der Waals surface area contributed by atoms with E-state index in [0.29, 0.717) is 41.8 Å². The number of aliphatic hydroxyl groups is 1. The van der Waals surface area contributed by atoms with Crippen LogP contribution in [0.3, 0.4) is 0 Å². The van der Waals surface area contributed by atoms with E-state index in [1.54, 1.807) is 30.3 Å². The number of nitro benzene ring substituents is 1. The van der Waals surface area contributed by atoms with Gasteiger partial charge in [0.05, 0.1) is 10.3 Å². The monoisotopic (exact) mass is 950 g/mol. The lowest BCUT2D eigenvalue weighted by Crippen LogP contribution is -2.64. The number of aromatic hydroxyl groups is 1. The molecule has 0 unspecified atom stereocenters. The van der Waals surface area contributed by atoms with E-state index in [0.717, 1.165) is 86.8 Å². The number of aromatic nitrogens is 2. The van der Waals surface area contributed by atoms with E-state index >= 15 is 0 Å². The summed E-state index contributed by atoms with van der Waals surface area (Å²) in [4.78, 5) is 41.8. The van der Waals surface area contributed by atoms with Crippen LogP contribution in [0.2, 0.25) is 5.02 Å². The maximum absolute atomic E-state index is 13.6. The highest BCUT2D eigenvalue weighted by Crippen LogP contribution is 2.63. The minimum absolute atomic E-state index is 0.0935. The van der Waals surface area contributed by atoms with Gasteiger partial charge >= 0.3 is 5.69 Å². The van der Waals surface area contributed by atoms with Crippen molar-refractivity contribution < 1.29 is 24.7 Å². The number of allylic oxidation sites excluding steroid dienone is 1. The number of nitrogens with zero attached hydrogens (tertiary/aromatic N) is 6. The summed E-state index contributed by atoms with van der Waals surface area (Å²) in [5.41, 5.74) is 9.15. The molecule has 2 bridgehead atoms. The van der Waals surface area contributed by atoms with Crippen molar-refractivity contribution in [3.05, 3.63) is 134 Å². The fraction of sp³-hybridized carbons (Fsp3) is 0.426. The molecule has 4 heterocycles. The van der Waals surface area contributed by atoms with Crippen LogP contribution < -0.4 is 20.3 Å². The summed E-state index contributed by atoms with van der Waals surface area (Å²) in [6.45, 7) is 10.6. The molecule has 14 nitrogen and oxygen atoms in total. The Bertz CT molecular complexity index is 2920. The zero-order valence-corrected chi connectivity index (χ0v) is 40.1. The van der Waals surface area contributed by atoms with Gasteiger partial charge in [-0.25, -0.2) is 9.97 Å². The maximum Gasteiger partial charge on any atom is 0.318 e. The highest BCUT2D eigenvalue weighted by molar-refractivity contribution is 6.30. The number of halogens is 1. The van der Waals surface area contributed by atoms with Crippen molar-refractivity contribution in [3.63, 3.8) is 0 Å². The van der Waals surface area contributed by atoms with E-state index < -0.39 is 17.1 Å². The number of carbonyl (C=O) groups is 1. The summed E-state index contributed by atoms with van der Waals surface area (Å²) in [5.74, 6) is 0.594. The van der Waals surface area contributed by atoms with Gasteiger partial charge in [-0.1, -0.05) is 55.3 Å². The number of hydrogen-bond donors (Lipinski definition) is 4. The summed E-state index contributed by atoms with van der Waals surface area (Å²) < 4.78 is 6.39. The average molecular weight is 952 g/mol. The van der Waals surface area contributed by atoms with Gasteiger partial charge in [-0.3, -0.25) is 19.8 Å². The number of amides is 1. The second-order valence-corrected chi connectivity index (χ2v) is 21.2. The van der Waals surface area contributed by atoms with Crippen molar-refractivity contribution >= 4 is 56.9 Å². The molecule has 0 radical (unpaired) electrons. The van der Waals surface area contributed by atoms with Gasteiger partial charge in [0.25, 0.3) is 5.91 Å². The van der Waals surface area contributed by atoms with E-state index in [4.69, 9.17) is 16.3 Å². The number of piperazine rings is 1. The molecule has 69 heavy (non-hydrogen) atoms. The molecule has 3 aliphatic carbocycles. The molecule has 0 saturated carbocycles. The molecule has 5 aromatic rings. The lowest BCUT2D eigenvalue weighted by molar-refractivity contribution is -0.382. The number of carbonyl (C=O) groups excluding carboxylic acids is 1. The molecule has 2 saturated heterocycles. The minimum atomic E-state index is -0.748. The third kappa shape index (κ3) is 8.08. The number of ether oxygens (including phenoxy) is 1. The molecule has 1 amide bonds. The Morgan fingerprint density at radius 2 is 1.78 bits per heavy atom. The third-order valence-electron chi connectivity index (χ3n) is 16.2. The van der Waals surface area contributed by atoms with Gasteiger partial charge in [0.2, 0.25) is 0 Å². The van der Waals surface area contributed by atoms with Crippen LogP contribution in [0.4, 0.5) is 22.9 Å². The number of anilines is 3. The Kier molecular flexibility index (Phi) is 11.7. The molecule has 1 spiro atoms. The van der Waals surface area contributed by atoms with Gasteiger partial charge in [-0.15, -0.1) is 0 Å². The quantitative estimate of drug-likeness (QED) is 0.0407. The molecule has 15 heteroatoms. The Hall–Kier alpha value is -6.06. The topological polar surface area (TPSA) is 169 Å². The van der Waals surface area contributed by atoms with Gasteiger partial charge in [-0.05, 0) is 141 Å². The Morgan fingerprint density at radius 1 is 1.00 bits per heavy atom. The number of nitro groups is 1. The zero-order valence-electron chi connectivity index (χ0n) is 39.4. The minimum Gasteiger partial charge on any atom is -0.504 e. The standard InChI is InChI=1S/C54H59ClN8O6/c1-53(2)19-18-35(40(29-53)32-6-10-36(55)11-7-32)30-61-23-25-62(26-24-61)37-12-8-33(9-13-37)52(66)59-51-38-14-16-42(48(63(67)68)47(38)57-31-58-51)56-21-4-5-34-27-45(65)49-46-39(34)28-43-41-15-17-44(64)50(69-49)54(41,46)20-22-60(43)3/h6-17,27,31,41,43-44,50,56,64-65H,4-5,18-26,28-30H2,1-3H3,(H,57,58,59,66)/t41-,43+,44-,50-,54-/m0/s1. The highest BCUT2D eigenvalue weighted by Gasteiger charge is 2.64. The molecular weight excluding hydrogens is 892 g/mol. The first-order valence-electron chi connectivity index (χ1n) is 24.4. The van der Waals surface area contributed by atoms with Crippen molar-refractivity contribution in [3.8, 4) is 11.5 Å². The number of piperidine rings is 1. The van der Waals surface area contributed by atoms with Crippen LogP contribution in [0, 0.1) is 21.4 Å². The molecule has 1 aromatic heterocycles. The van der Waals surface area contributed by atoms with E-state index in [1.807, 2.05) is 30.3 Å². The van der Waals surface area contributed by atoms with Crippen LogP contribution in [-0.2, 0) is 18.3 Å². The summed E-state index contributed by atoms with van der Waals surface area (Å²) in [6, 6.07) is 21.2. The Balaban J connectivity index is 0.731. The Labute approximate surface area is 407 Å². The van der Waals surface area contributed by atoms with Crippen molar-refractivity contribution in [2.75, 3.05) is 68.4 Å². The van der Waals surface area contributed by atoms with Crippen LogP contribution in [0.5, 0.6) is 11.5 Å². The van der Waals surface area contributed by atoms with Gasteiger partial charge in [0.1, 0.15) is 30.0 Å². The number of likely N-dealkylation sites (N-methyl/N-ethyl adjacent to an activating group) is 1. The van der Waals surface area contributed by atoms with Crippen LogP contribution in [-0.4, -0.2) is 112 Å². The summed E-state index contributed by atoms with van der Waals surface area (Å²) in [6.07, 6.45) is 10.3. The molecule has 3 aliphatic heterocycles. The fourth-order valence-corrected chi connectivity index (χ4v) is 12.7. The van der Waals surface area contributed by atoms with E-state index in [9.17, 15) is 25.1 Å². The molecule has 11 rings (SSSR count). The second-order valence-electron chi connectivity index (χ2n) is 20.8. The van der Waals surface area contributed by atoms with Crippen LogP contribution >= 0.6 is 11.6 Å². The number of fused-ring (bicyclic) bond motifs is 1. The first-order valence-corrected chi connectivity index (χ1v) is 24.8. The maximum atomic E-state index is 13.6. The molecule has 5 atom stereocenters. The predicted molar refractivity (Wildman–Crippen MR) is 270 cm³/mol. The third-order valence-corrected chi connectivity index (χ3v) is 16.4. The molecule has 2 fully saturated rings. The van der Waals surface area contributed by atoms with Crippen LogP contribution in [0.15, 0.2) is 90.8 Å². The van der Waals surface area contributed by atoms with E-state index in [-0.39, 0.29) is 51.5 Å². The summed E-state index contributed by atoms with van der Waals surface area (Å²) in [7, 11) is 2.16. The first-order chi connectivity index (χ1) is 33.3. The number of aliphatic hydroxyl groups excluding tert-OH is 1. The highest BCUT2D eigenvalue weighted by atomic mass is 35.5. The van der Waals surface area contributed by atoms with Gasteiger partial charge in [0, 0.05) is 78.5 Å². The van der Waals surface area contributed by atoms with Gasteiger partial charge in [-0.2, -0.15) is 0 Å². The SMILES string of the molecule is CN1CC[C@]23c4c5c(CCCNc6ccc7c(NC(=O)c8ccc(N9CCN(CC%10=C(c%11ccc(Cl)cc%11)CC(C)(C)CC%10)CC9)cc8)ncnc7c6[N+](=O)[O-])cc(O)c4O[C@H]2[C@@H](O)C=C[C@H]3[C@H]1C5. The van der Waals surface area contributed by atoms with Gasteiger partial charge < -0.3 is 35.4 Å².